The molecule has 0 aliphatic rings. The van der Waals surface area contributed by atoms with Crippen LogP contribution in [-0.2, 0) is 6.42 Å². The average molecular weight is 235 g/mol. The number of hydrogen-bond acceptors (Lipinski definition) is 2. The molecule has 0 spiro atoms. The highest BCUT2D eigenvalue weighted by Crippen LogP contribution is 2.04. The normalized spacial score (nSPS) is 12.9. The molecular formula is C15H25NO. The van der Waals surface area contributed by atoms with Gasteiger partial charge < -0.3 is 10.4 Å². The smallest absolute Gasteiger partial charge is 0.0667 e. The quantitative estimate of drug-likeness (QED) is 0.679. The molecule has 1 unspecified atom stereocenters. The van der Waals surface area contributed by atoms with Crippen molar-refractivity contribution in [2.45, 2.75) is 39.2 Å². The first kappa shape index (κ1) is 14.2. The Kier molecular flexibility index (Phi) is 6.90. The zero-order chi connectivity index (χ0) is 12.5. The number of benzene rings is 1. The van der Waals surface area contributed by atoms with Crippen molar-refractivity contribution in [3.63, 3.8) is 0 Å². The van der Waals surface area contributed by atoms with Gasteiger partial charge in [0.05, 0.1) is 6.10 Å². The van der Waals surface area contributed by atoms with E-state index in [1.807, 2.05) is 18.2 Å². The SMILES string of the molecule is CC(C)CCNCC(O)CCc1ccccc1. The van der Waals surface area contributed by atoms with Crippen LogP contribution < -0.4 is 5.32 Å². The van der Waals surface area contributed by atoms with Crippen molar-refractivity contribution < 1.29 is 5.11 Å². The molecule has 0 saturated carbocycles. The van der Waals surface area contributed by atoms with Crippen LogP contribution in [0.2, 0.25) is 0 Å². The molecule has 1 aromatic rings. The van der Waals surface area contributed by atoms with Crippen LogP contribution in [0.25, 0.3) is 0 Å². The molecule has 2 N–H and O–H groups in total. The van der Waals surface area contributed by atoms with E-state index in [9.17, 15) is 5.11 Å². The van der Waals surface area contributed by atoms with Crippen LogP contribution >= 0.6 is 0 Å². The van der Waals surface area contributed by atoms with E-state index in [1.165, 1.54) is 12.0 Å². The summed E-state index contributed by atoms with van der Waals surface area (Å²) in [5.74, 6) is 0.726. The lowest BCUT2D eigenvalue weighted by molar-refractivity contribution is 0.161. The third-order valence-electron chi connectivity index (χ3n) is 2.89. The minimum atomic E-state index is -0.234. The summed E-state index contributed by atoms with van der Waals surface area (Å²) < 4.78 is 0. The third-order valence-corrected chi connectivity index (χ3v) is 2.89. The zero-order valence-corrected chi connectivity index (χ0v) is 11.0. The second-order valence-electron chi connectivity index (χ2n) is 5.06. The molecule has 0 amide bonds. The van der Waals surface area contributed by atoms with Crippen molar-refractivity contribution >= 4 is 0 Å². The molecule has 0 saturated heterocycles. The number of nitrogens with one attached hydrogen (secondary N) is 1. The predicted octanol–water partition coefficient (Wildman–Crippen LogP) is 2.62. The standard InChI is InChI=1S/C15H25NO/c1-13(2)10-11-16-12-15(17)9-8-14-6-4-3-5-7-14/h3-7,13,15-17H,8-12H2,1-2H3. The molecule has 0 fully saturated rings. The lowest BCUT2D eigenvalue weighted by Gasteiger charge is -2.12. The van der Waals surface area contributed by atoms with Crippen LogP contribution in [0, 0.1) is 5.92 Å². The second kappa shape index (κ2) is 8.26. The van der Waals surface area contributed by atoms with Crippen LogP contribution in [0.1, 0.15) is 32.3 Å². The van der Waals surface area contributed by atoms with Crippen LogP contribution in [0.3, 0.4) is 0 Å². The maximum Gasteiger partial charge on any atom is 0.0667 e. The van der Waals surface area contributed by atoms with Crippen molar-refractivity contribution in [1.82, 2.24) is 5.32 Å². The molecule has 1 atom stereocenters. The molecule has 1 rings (SSSR count). The lowest BCUT2D eigenvalue weighted by Crippen LogP contribution is -2.28. The number of hydrogen-bond donors (Lipinski definition) is 2. The van der Waals surface area contributed by atoms with E-state index in [-0.39, 0.29) is 6.10 Å². The summed E-state index contributed by atoms with van der Waals surface area (Å²) in [7, 11) is 0. The Morgan fingerprint density at radius 1 is 1.12 bits per heavy atom. The molecule has 2 nitrogen and oxygen atoms in total. The molecule has 0 aliphatic heterocycles. The van der Waals surface area contributed by atoms with Gasteiger partial charge in [-0.1, -0.05) is 44.2 Å². The fraction of sp³-hybridized carbons (Fsp3) is 0.600. The maximum absolute atomic E-state index is 9.81. The lowest BCUT2D eigenvalue weighted by atomic mass is 10.1. The molecule has 0 heterocycles. The first-order valence-corrected chi connectivity index (χ1v) is 6.61. The summed E-state index contributed by atoms with van der Waals surface area (Å²) in [5.41, 5.74) is 1.30. The van der Waals surface area contributed by atoms with Crippen LogP contribution in [0.5, 0.6) is 0 Å². The minimum absolute atomic E-state index is 0.234. The summed E-state index contributed by atoms with van der Waals surface area (Å²) in [5, 5.41) is 13.1. The van der Waals surface area contributed by atoms with Crippen molar-refractivity contribution in [3.8, 4) is 0 Å². The molecular weight excluding hydrogens is 210 g/mol. The van der Waals surface area contributed by atoms with Gasteiger partial charge in [0.2, 0.25) is 0 Å². The van der Waals surface area contributed by atoms with Crippen LogP contribution in [-0.4, -0.2) is 24.3 Å². The Balaban J connectivity index is 2.07. The van der Waals surface area contributed by atoms with Crippen molar-refractivity contribution in [2.75, 3.05) is 13.1 Å². The fourth-order valence-electron chi connectivity index (χ4n) is 1.74. The molecule has 2 heteroatoms. The molecule has 0 radical (unpaired) electrons. The third kappa shape index (κ3) is 7.14. The van der Waals surface area contributed by atoms with Crippen LogP contribution in [0.15, 0.2) is 30.3 Å². The van der Waals surface area contributed by atoms with E-state index in [4.69, 9.17) is 0 Å². The summed E-state index contributed by atoms with van der Waals surface area (Å²) in [4.78, 5) is 0. The van der Waals surface area contributed by atoms with Crippen molar-refractivity contribution in [1.29, 1.82) is 0 Å². The van der Waals surface area contributed by atoms with Gasteiger partial charge in [0, 0.05) is 6.54 Å². The molecule has 0 bridgehead atoms. The number of rotatable bonds is 8. The predicted molar refractivity (Wildman–Crippen MR) is 73.1 cm³/mol. The molecule has 0 aliphatic carbocycles. The summed E-state index contributed by atoms with van der Waals surface area (Å²) in [6, 6.07) is 10.3. The van der Waals surface area contributed by atoms with E-state index in [0.717, 1.165) is 25.3 Å². The van der Waals surface area contributed by atoms with E-state index in [2.05, 4.69) is 31.3 Å². The Morgan fingerprint density at radius 2 is 1.82 bits per heavy atom. The van der Waals surface area contributed by atoms with Gasteiger partial charge in [-0.3, -0.25) is 0 Å². The van der Waals surface area contributed by atoms with Crippen LogP contribution in [0.4, 0.5) is 0 Å². The molecule has 17 heavy (non-hydrogen) atoms. The Labute approximate surface area is 105 Å². The summed E-state index contributed by atoms with van der Waals surface area (Å²) in [6.07, 6.45) is 2.72. The number of aliphatic hydroxyl groups excluding tert-OH is 1. The topological polar surface area (TPSA) is 32.3 Å². The highest BCUT2D eigenvalue weighted by Gasteiger charge is 2.04. The van der Waals surface area contributed by atoms with E-state index >= 15 is 0 Å². The highest BCUT2D eigenvalue weighted by molar-refractivity contribution is 5.14. The zero-order valence-electron chi connectivity index (χ0n) is 11.0. The van der Waals surface area contributed by atoms with Gasteiger partial charge in [-0.15, -0.1) is 0 Å². The van der Waals surface area contributed by atoms with Gasteiger partial charge in [0.1, 0.15) is 0 Å². The van der Waals surface area contributed by atoms with Gasteiger partial charge in [-0.05, 0) is 37.3 Å². The summed E-state index contributed by atoms with van der Waals surface area (Å²) >= 11 is 0. The average Bonchev–Trinajstić information content (AvgIpc) is 2.33. The minimum Gasteiger partial charge on any atom is -0.392 e. The van der Waals surface area contributed by atoms with E-state index in [1.54, 1.807) is 0 Å². The Bertz CT molecular complexity index is 284. The summed E-state index contributed by atoms with van der Waals surface area (Å²) in [6.45, 7) is 6.14. The Morgan fingerprint density at radius 3 is 2.47 bits per heavy atom. The highest BCUT2D eigenvalue weighted by atomic mass is 16.3. The molecule has 96 valence electrons. The first-order chi connectivity index (χ1) is 8.18. The first-order valence-electron chi connectivity index (χ1n) is 6.61. The number of aryl methyl sites for hydroxylation is 1. The number of aliphatic hydroxyl groups is 1. The maximum atomic E-state index is 9.81. The monoisotopic (exact) mass is 235 g/mol. The van der Waals surface area contributed by atoms with E-state index < -0.39 is 0 Å². The Hall–Kier alpha value is -0.860. The second-order valence-corrected chi connectivity index (χ2v) is 5.06. The fourth-order valence-corrected chi connectivity index (χ4v) is 1.74. The van der Waals surface area contributed by atoms with Gasteiger partial charge in [-0.2, -0.15) is 0 Å². The largest absolute Gasteiger partial charge is 0.392 e. The molecule has 0 aromatic heterocycles. The van der Waals surface area contributed by atoms with Gasteiger partial charge >= 0.3 is 0 Å². The molecule has 1 aromatic carbocycles. The van der Waals surface area contributed by atoms with Gasteiger partial charge in [0.25, 0.3) is 0 Å². The van der Waals surface area contributed by atoms with Crippen molar-refractivity contribution in [3.05, 3.63) is 35.9 Å². The van der Waals surface area contributed by atoms with Gasteiger partial charge in [-0.25, -0.2) is 0 Å². The van der Waals surface area contributed by atoms with Crippen molar-refractivity contribution in [2.24, 2.45) is 5.92 Å². The van der Waals surface area contributed by atoms with E-state index in [0.29, 0.717) is 6.54 Å². The van der Waals surface area contributed by atoms with Gasteiger partial charge in [0.15, 0.2) is 0 Å².